The lowest BCUT2D eigenvalue weighted by Crippen LogP contribution is -2.27. The van der Waals surface area contributed by atoms with Crippen molar-refractivity contribution in [3.8, 4) is 0 Å². The molecule has 2 amide bonds. The minimum Gasteiger partial charge on any atom is -0.326 e. The molecule has 2 aromatic carbocycles. The number of hydrogen-bond acceptors (Lipinski definition) is 4. The van der Waals surface area contributed by atoms with Crippen molar-refractivity contribution in [3.05, 3.63) is 74.3 Å². The molecule has 0 fully saturated rings. The van der Waals surface area contributed by atoms with Crippen molar-refractivity contribution in [1.82, 2.24) is 0 Å². The van der Waals surface area contributed by atoms with Crippen LogP contribution in [0.4, 0.5) is 11.4 Å². The van der Waals surface area contributed by atoms with E-state index in [1.807, 2.05) is 32.1 Å². The standard InChI is InChI=1S/C20H23NO2.C18H20BrNO2/c1-5-14-16-11-20(6-2)10-9-18(23)12(3)19(20)15(16)7-8-17(14)21-13(4)22;1-4-18-8-7-15(22)10(2)16(18)12-5-6-14(20-11(3)21)17(19)13(12)9-18/h5,7-8H,1,6,9-11H2,2-4H3,(H,21,22);5-6H,4,7-9H2,1-3H3,(H,20,21). The maximum atomic E-state index is 12.2. The second kappa shape index (κ2) is 12.3. The van der Waals surface area contributed by atoms with Gasteiger partial charge in [-0.2, -0.15) is 0 Å². The molecule has 2 unspecified atom stereocenters. The SMILES string of the molecule is C=Cc1c(NC(C)=O)ccc2c1CC1(CC)CCC(=O)C(C)=C21.CCC12CCC(=O)C(C)=C1c1ccc(NC(C)=O)c(Br)c1C2. The van der Waals surface area contributed by atoms with E-state index < -0.39 is 0 Å². The summed E-state index contributed by atoms with van der Waals surface area (Å²) in [6.45, 7) is 15.3. The lowest BCUT2D eigenvalue weighted by atomic mass is 9.68. The number of nitrogens with one attached hydrogen (secondary N) is 2. The van der Waals surface area contributed by atoms with E-state index in [4.69, 9.17) is 0 Å². The molecule has 0 heterocycles. The van der Waals surface area contributed by atoms with Gasteiger partial charge in [-0.3, -0.25) is 19.2 Å². The molecule has 236 valence electrons. The quantitative estimate of drug-likeness (QED) is 0.332. The van der Waals surface area contributed by atoms with E-state index in [0.717, 1.165) is 71.1 Å². The average molecular weight is 672 g/mol. The zero-order valence-electron chi connectivity index (χ0n) is 27.3. The summed E-state index contributed by atoms with van der Waals surface area (Å²) in [5.41, 5.74) is 11.8. The summed E-state index contributed by atoms with van der Waals surface area (Å²) in [5.74, 6) is 0.378. The molecule has 2 aromatic rings. The van der Waals surface area contributed by atoms with Crippen molar-refractivity contribution in [2.75, 3.05) is 10.6 Å². The van der Waals surface area contributed by atoms with Crippen LogP contribution in [0, 0.1) is 10.8 Å². The molecule has 0 spiro atoms. The summed E-state index contributed by atoms with van der Waals surface area (Å²) in [6.07, 6.45) is 8.86. The fourth-order valence-electron chi connectivity index (χ4n) is 8.30. The van der Waals surface area contributed by atoms with Gasteiger partial charge in [-0.1, -0.05) is 38.6 Å². The first-order valence-corrected chi connectivity index (χ1v) is 16.8. The van der Waals surface area contributed by atoms with Crippen LogP contribution in [0.25, 0.3) is 17.2 Å². The first-order valence-electron chi connectivity index (χ1n) is 16.0. The Morgan fingerprint density at radius 1 is 0.800 bits per heavy atom. The highest BCUT2D eigenvalue weighted by molar-refractivity contribution is 9.10. The number of carbonyl (C=O) groups excluding carboxylic acids is 4. The Labute approximate surface area is 275 Å². The predicted octanol–water partition coefficient (Wildman–Crippen LogP) is 8.87. The number of anilines is 2. The average Bonchev–Trinajstić information content (AvgIpc) is 3.53. The van der Waals surface area contributed by atoms with Crippen molar-refractivity contribution in [3.63, 3.8) is 0 Å². The van der Waals surface area contributed by atoms with E-state index in [9.17, 15) is 19.2 Å². The van der Waals surface area contributed by atoms with E-state index in [1.165, 1.54) is 47.2 Å². The zero-order valence-corrected chi connectivity index (χ0v) is 28.8. The summed E-state index contributed by atoms with van der Waals surface area (Å²) in [7, 11) is 0. The number of rotatable bonds is 5. The number of benzene rings is 2. The third-order valence-corrected chi connectivity index (χ3v) is 11.6. The van der Waals surface area contributed by atoms with Gasteiger partial charge in [0.25, 0.3) is 0 Å². The topological polar surface area (TPSA) is 92.3 Å². The third kappa shape index (κ3) is 5.47. The van der Waals surface area contributed by atoms with Crippen LogP contribution in [0.5, 0.6) is 0 Å². The Morgan fingerprint density at radius 2 is 1.24 bits per heavy atom. The van der Waals surface area contributed by atoms with Crippen molar-refractivity contribution in [2.45, 2.75) is 92.9 Å². The monoisotopic (exact) mass is 670 g/mol. The zero-order chi connectivity index (χ0) is 32.8. The Hall–Kier alpha value is -3.58. The molecule has 0 radical (unpaired) electrons. The molecule has 0 bridgehead atoms. The van der Waals surface area contributed by atoms with Gasteiger partial charge < -0.3 is 10.6 Å². The molecule has 0 aliphatic heterocycles. The molecule has 6 rings (SSSR count). The second-order valence-electron chi connectivity index (χ2n) is 13.0. The number of carbonyl (C=O) groups is 4. The Kier molecular flexibility index (Phi) is 8.98. The van der Waals surface area contributed by atoms with Gasteiger partial charge >= 0.3 is 0 Å². The number of fused-ring (bicyclic) bond motifs is 6. The predicted molar refractivity (Wildman–Crippen MR) is 186 cm³/mol. The van der Waals surface area contributed by atoms with E-state index in [-0.39, 0.29) is 34.2 Å². The molecule has 45 heavy (non-hydrogen) atoms. The molecule has 6 nitrogen and oxygen atoms in total. The van der Waals surface area contributed by atoms with E-state index >= 15 is 0 Å². The maximum absolute atomic E-state index is 12.2. The fourth-order valence-corrected chi connectivity index (χ4v) is 8.89. The summed E-state index contributed by atoms with van der Waals surface area (Å²) in [5, 5.41) is 5.76. The summed E-state index contributed by atoms with van der Waals surface area (Å²) in [6, 6.07) is 7.97. The highest BCUT2D eigenvalue weighted by Gasteiger charge is 2.47. The molecule has 0 saturated heterocycles. The van der Waals surface area contributed by atoms with E-state index in [1.54, 1.807) is 0 Å². The summed E-state index contributed by atoms with van der Waals surface area (Å²) < 4.78 is 0.954. The van der Waals surface area contributed by atoms with Crippen molar-refractivity contribution in [1.29, 1.82) is 0 Å². The summed E-state index contributed by atoms with van der Waals surface area (Å²) in [4.78, 5) is 47.2. The van der Waals surface area contributed by atoms with Crippen LogP contribution in [-0.4, -0.2) is 23.4 Å². The molecule has 2 atom stereocenters. The van der Waals surface area contributed by atoms with E-state index in [2.05, 4.69) is 59.1 Å². The Balaban J connectivity index is 0.000000178. The van der Waals surface area contributed by atoms with Crippen molar-refractivity contribution in [2.24, 2.45) is 10.8 Å². The Morgan fingerprint density at radius 3 is 1.71 bits per heavy atom. The van der Waals surface area contributed by atoms with Crippen LogP contribution in [0.2, 0.25) is 0 Å². The smallest absolute Gasteiger partial charge is 0.221 e. The lowest BCUT2D eigenvalue weighted by Gasteiger charge is -2.34. The van der Waals surface area contributed by atoms with Crippen molar-refractivity contribution < 1.29 is 19.2 Å². The number of hydrogen-bond donors (Lipinski definition) is 2. The molecule has 4 aliphatic rings. The number of allylic oxidation sites excluding steroid dienone is 4. The molecule has 0 saturated carbocycles. The van der Waals surface area contributed by atoms with Crippen LogP contribution in [0.3, 0.4) is 0 Å². The highest BCUT2D eigenvalue weighted by atomic mass is 79.9. The van der Waals surface area contributed by atoms with Gasteiger partial charge in [0.05, 0.1) is 5.69 Å². The van der Waals surface area contributed by atoms with Crippen LogP contribution in [0.15, 0.2) is 46.5 Å². The van der Waals surface area contributed by atoms with Gasteiger partial charge in [0.2, 0.25) is 11.8 Å². The van der Waals surface area contributed by atoms with Crippen molar-refractivity contribution >= 4 is 67.9 Å². The number of halogens is 1. The highest BCUT2D eigenvalue weighted by Crippen LogP contribution is 2.58. The number of Topliss-reactive ketones (excluding diaryl/α,β-unsaturated/α-hetero) is 2. The number of ketones is 2. The first-order chi connectivity index (χ1) is 21.3. The molecule has 4 aliphatic carbocycles. The minimum atomic E-state index is -0.0840. The second-order valence-corrected chi connectivity index (χ2v) is 13.8. The van der Waals surface area contributed by atoms with Gasteiger partial charge in [0.1, 0.15) is 0 Å². The van der Waals surface area contributed by atoms with Crippen LogP contribution >= 0.6 is 15.9 Å². The van der Waals surface area contributed by atoms with E-state index in [0.29, 0.717) is 12.8 Å². The third-order valence-electron chi connectivity index (χ3n) is 10.7. The molecular formula is C38H43BrN2O4. The van der Waals surface area contributed by atoms with Gasteiger partial charge in [0, 0.05) is 53.2 Å². The molecule has 0 aromatic heterocycles. The van der Waals surface area contributed by atoms with Gasteiger partial charge in [-0.15, -0.1) is 0 Å². The van der Waals surface area contributed by atoms with Crippen LogP contribution in [0.1, 0.15) is 108 Å². The fraction of sp³-hybridized carbons (Fsp3) is 0.421. The molecule has 7 heteroatoms. The molecular weight excluding hydrogens is 628 g/mol. The Bertz CT molecular complexity index is 1730. The molecule has 2 N–H and O–H groups in total. The van der Waals surface area contributed by atoms with Gasteiger partial charge in [0.15, 0.2) is 11.6 Å². The maximum Gasteiger partial charge on any atom is 0.221 e. The van der Waals surface area contributed by atoms with Gasteiger partial charge in [-0.05, 0) is 125 Å². The summed E-state index contributed by atoms with van der Waals surface area (Å²) >= 11 is 3.66. The normalized spacial score (nSPS) is 23.0. The minimum absolute atomic E-state index is 0.0624. The lowest BCUT2D eigenvalue weighted by molar-refractivity contribution is -0.117. The van der Waals surface area contributed by atoms with Gasteiger partial charge in [-0.25, -0.2) is 0 Å². The largest absolute Gasteiger partial charge is 0.326 e. The first kappa shape index (κ1) is 32.8. The van der Waals surface area contributed by atoms with Crippen LogP contribution in [-0.2, 0) is 32.0 Å². The number of amides is 2. The van der Waals surface area contributed by atoms with Crippen LogP contribution < -0.4 is 10.6 Å².